The number of hydrogen-bond acceptors (Lipinski definition) is 9. The van der Waals surface area contributed by atoms with E-state index in [1.165, 1.54) is 49.7 Å². The SMILES string of the molecule is COc1cc2c(Oc3ccc(NC(=O)C4(C(=O)Nc5ccc(F)cc5)CC4)cc3F)ccnc2cc1OCCCOCCCOCCC=O. The maximum absolute atomic E-state index is 15.2. The van der Waals surface area contributed by atoms with Gasteiger partial charge in [0, 0.05) is 67.8 Å². The first kappa shape index (κ1) is 35.2. The molecule has 0 bridgehead atoms. The molecule has 258 valence electrons. The Balaban J connectivity index is 1.16. The Labute approximate surface area is 281 Å². The normalized spacial score (nSPS) is 13.0. The van der Waals surface area contributed by atoms with Gasteiger partial charge < -0.3 is 39.1 Å². The van der Waals surface area contributed by atoms with Crippen molar-refractivity contribution in [2.45, 2.75) is 32.1 Å². The van der Waals surface area contributed by atoms with Gasteiger partial charge in [-0.1, -0.05) is 0 Å². The summed E-state index contributed by atoms with van der Waals surface area (Å²) in [7, 11) is 1.51. The summed E-state index contributed by atoms with van der Waals surface area (Å²) in [6.07, 6.45) is 4.79. The monoisotopic (exact) mass is 677 g/mol. The number of carbonyl (C=O) groups excluding carboxylic acids is 3. The van der Waals surface area contributed by atoms with Gasteiger partial charge in [0.1, 0.15) is 23.3 Å². The smallest absolute Gasteiger partial charge is 0.240 e. The van der Waals surface area contributed by atoms with Crippen LogP contribution in [-0.4, -0.2) is 63.2 Å². The number of anilines is 2. The molecule has 11 nitrogen and oxygen atoms in total. The zero-order valence-corrected chi connectivity index (χ0v) is 27.0. The summed E-state index contributed by atoms with van der Waals surface area (Å²) in [4.78, 5) is 40.6. The second-order valence-electron chi connectivity index (χ2n) is 11.3. The number of nitrogens with zero attached hydrogens (tertiary/aromatic N) is 1. The predicted octanol–water partition coefficient (Wildman–Crippen LogP) is 6.45. The Morgan fingerprint density at radius 1 is 0.796 bits per heavy atom. The molecule has 5 rings (SSSR count). The number of carbonyl (C=O) groups is 3. The zero-order chi connectivity index (χ0) is 34.6. The summed E-state index contributed by atoms with van der Waals surface area (Å²) in [5, 5.41) is 5.83. The lowest BCUT2D eigenvalue weighted by Gasteiger charge is -2.16. The third-order valence-electron chi connectivity index (χ3n) is 7.77. The Kier molecular flexibility index (Phi) is 12.1. The highest BCUT2D eigenvalue weighted by Crippen LogP contribution is 2.47. The first-order valence-electron chi connectivity index (χ1n) is 15.9. The van der Waals surface area contributed by atoms with E-state index in [2.05, 4.69) is 15.6 Å². The van der Waals surface area contributed by atoms with E-state index in [-0.39, 0.29) is 11.4 Å². The second kappa shape index (κ2) is 16.8. The fraction of sp³-hybridized carbons (Fsp3) is 0.333. The molecule has 1 aliphatic rings. The van der Waals surface area contributed by atoms with Crippen LogP contribution in [-0.2, 0) is 23.9 Å². The second-order valence-corrected chi connectivity index (χ2v) is 11.3. The third-order valence-corrected chi connectivity index (χ3v) is 7.77. The topological polar surface area (TPSA) is 134 Å². The van der Waals surface area contributed by atoms with Crippen LogP contribution >= 0.6 is 0 Å². The molecule has 1 fully saturated rings. The van der Waals surface area contributed by atoms with Gasteiger partial charge in [0.05, 0.1) is 25.8 Å². The van der Waals surface area contributed by atoms with Crippen LogP contribution in [0.5, 0.6) is 23.0 Å². The van der Waals surface area contributed by atoms with Gasteiger partial charge in [-0.05, 0) is 67.8 Å². The van der Waals surface area contributed by atoms with Crippen LogP contribution < -0.4 is 24.8 Å². The Bertz CT molecular complexity index is 1770. The van der Waals surface area contributed by atoms with Crippen molar-refractivity contribution in [3.63, 3.8) is 0 Å². The van der Waals surface area contributed by atoms with Crippen molar-refractivity contribution >= 4 is 40.4 Å². The zero-order valence-electron chi connectivity index (χ0n) is 27.0. The number of aromatic nitrogens is 1. The van der Waals surface area contributed by atoms with Crippen molar-refractivity contribution in [1.82, 2.24) is 4.98 Å². The minimum atomic E-state index is -1.29. The van der Waals surface area contributed by atoms with Crippen molar-refractivity contribution in [2.75, 3.05) is 50.8 Å². The number of amides is 2. The van der Waals surface area contributed by atoms with E-state index < -0.39 is 28.9 Å². The van der Waals surface area contributed by atoms with E-state index in [1.54, 1.807) is 18.2 Å². The lowest BCUT2D eigenvalue weighted by molar-refractivity contribution is -0.131. The molecule has 0 unspecified atom stereocenters. The molecule has 3 aromatic carbocycles. The van der Waals surface area contributed by atoms with Gasteiger partial charge in [0.15, 0.2) is 23.1 Å². The first-order chi connectivity index (χ1) is 23.8. The van der Waals surface area contributed by atoms with E-state index in [1.807, 2.05) is 0 Å². The minimum Gasteiger partial charge on any atom is -0.493 e. The van der Waals surface area contributed by atoms with E-state index >= 15 is 4.39 Å². The molecule has 0 saturated heterocycles. The molecule has 2 amide bonds. The van der Waals surface area contributed by atoms with Crippen LogP contribution in [0, 0.1) is 17.0 Å². The number of rotatable bonds is 19. The van der Waals surface area contributed by atoms with Crippen molar-refractivity contribution < 1.29 is 46.8 Å². The van der Waals surface area contributed by atoms with Crippen LogP contribution in [0.25, 0.3) is 10.9 Å². The highest BCUT2D eigenvalue weighted by molar-refractivity contribution is 6.16. The predicted molar refractivity (Wildman–Crippen MR) is 177 cm³/mol. The van der Waals surface area contributed by atoms with Crippen LogP contribution in [0.3, 0.4) is 0 Å². The molecule has 0 radical (unpaired) electrons. The van der Waals surface area contributed by atoms with E-state index in [0.717, 1.165) is 18.8 Å². The summed E-state index contributed by atoms with van der Waals surface area (Å²) in [5.41, 5.74) is -0.228. The van der Waals surface area contributed by atoms with Gasteiger partial charge in [0.25, 0.3) is 0 Å². The Morgan fingerprint density at radius 3 is 2.14 bits per heavy atom. The molecule has 1 aliphatic carbocycles. The number of aldehydes is 1. The summed E-state index contributed by atoms with van der Waals surface area (Å²) in [6.45, 7) is 2.39. The number of benzene rings is 3. The van der Waals surface area contributed by atoms with Crippen molar-refractivity contribution in [3.05, 3.63) is 78.5 Å². The van der Waals surface area contributed by atoms with E-state index in [4.69, 9.17) is 23.7 Å². The Hall–Kier alpha value is -5.14. The maximum atomic E-state index is 15.2. The molecule has 0 spiro atoms. The van der Waals surface area contributed by atoms with Crippen LogP contribution in [0.4, 0.5) is 20.2 Å². The summed E-state index contributed by atoms with van der Waals surface area (Å²) >= 11 is 0. The quantitative estimate of drug-likeness (QED) is 0.0652. The number of ether oxygens (including phenoxy) is 5. The molecule has 2 N–H and O–H groups in total. The number of halogens is 2. The van der Waals surface area contributed by atoms with Gasteiger partial charge in [-0.3, -0.25) is 14.6 Å². The molecule has 1 heterocycles. The van der Waals surface area contributed by atoms with E-state index in [9.17, 15) is 18.8 Å². The lowest BCUT2D eigenvalue weighted by atomic mass is 10.0. The van der Waals surface area contributed by atoms with E-state index in [0.29, 0.717) is 92.6 Å². The van der Waals surface area contributed by atoms with Gasteiger partial charge in [0.2, 0.25) is 11.8 Å². The van der Waals surface area contributed by atoms with Gasteiger partial charge in [-0.25, -0.2) is 8.78 Å². The van der Waals surface area contributed by atoms with Crippen LogP contribution in [0.15, 0.2) is 66.9 Å². The van der Waals surface area contributed by atoms with Gasteiger partial charge in [-0.15, -0.1) is 0 Å². The molecule has 1 saturated carbocycles. The maximum Gasteiger partial charge on any atom is 0.240 e. The standard InChI is InChI=1S/C36H37F2N3O8/c1-45-32-22-27-29(23-33(32)48-20-4-19-47-18-3-17-46-16-2-15-42)39-14-11-30(27)49-31-10-9-26(21-28(31)38)41-35(44)36(12-13-36)34(43)40-25-7-5-24(37)6-8-25/h5-11,14-15,21-23H,2-4,12-13,16-20H2,1H3,(H,40,43)(H,41,44). The van der Waals surface area contributed by atoms with Crippen LogP contribution in [0.2, 0.25) is 0 Å². The molecule has 4 aromatic rings. The third kappa shape index (κ3) is 9.27. The number of nitrogens with one attached hydrogen (secondary N) is 2. The summed E-state index contributed by atoms with van der Waals surface area (Å²) < 4.78 is 56.8. The average molecular weight is 678 g/mol. The molecule has 1 aromatic heterocycles. The number of fused-ring (bicyclic) bond motifs is 1. The fourth-order valence-corrected chi connectivity index (χ4v) is 4.93. The Morgan fingerprint density at radius 2 is 1.47 bits per heavy atom. The average Bonchev–Trinajstić information content (AvgIpc) is 3.92. The highest BCUT2D eigenvalue weighted by Gasteiger charge is 2.56. The number of methoxy groups -OCH3 is 1. The molecule has 49 heavy (non-hydrogen) atoms. The van der Waals surface area contributed by atoms with Crippen molar-refractivity contribution in [1.29, 1.82) is 0 Å². The summed E-state index contributed by atoms with van der Waals surface area (Å²) in [5.74, 6) is -1.10. The molecule has 13 heteroatoms. The fourth-order valence-electron chi connectivity index (χ4n) is 4.93. The first-order valence-corrected chi connectivity index (χ1v) is 15.9. The van der Waals surface area contributed by atoms with Crippen LogP contribution in [0.1, 0.15) is 32.1 Å². The lowest BCUT2D eigenvalue weighted by Crippen LogP contribution is -2.35. The molecular weight excluding hydrogens is 640 g/mol. The molecule has 0 aliphatic heterocycles. The van der Waals surface area contributed by atoms with Crippen molar-refractivity contribution in [2.24, 2.45) is 5.41 Å². The molecule has 0 atom stereocenters. The highest BCUT2D eigenvalue weighted by atomic mass is 19.1. The largest absolute Gasteiger partial charge is 0.493 e. The summed E-state index contributed by atoms with van der Waals surface area (Å²) in [6, 6.07) is 14.2. The molecular formula is C36H37F2N3O8. The number of pyridine rings is 1. The van der Waals surface area contributed by atoms with Gasteiger partial charge in [-0.2, -0.15) is 0 Å². The number of hydrogen-bond donors (Lipinski definition) is 2. The van der Waals surface area contributed by atoms with Crippen molar-refractivity contribution in [3.8, 4) is 23.0 Å². The van der Waals surface area contributed by atoms with Gasteiger partial charge >= 0.3 is 0 Å². The minimum absolute atomic E-state index is 0.0903.